The van der Waals surface area contributed by atoms with Crippen LogP contribution in [0.5, 0.6) is 0 Å². The number of rotatable bonds is 9. The first-order valence-corrected chi connectivity index (χ1v) is 23.5. The molecular weight excluding hydrogens is 908 g/mol. The van der Waals surface area contributed by atoms with Gasteiger partial charge in [0.2, 0.25) is 17.2 Å². The third kappa shape index (κ3) is 12.1. The summed E-state index contributed by atoms with van der Waals surface area (Å²) in [5.41, 5.74) is 7.89. The number of halogens is 1. The van der Waals surface area contributed by atoms with E-state index in [-0.39, 0.29) is 24.0 Å². The van der Waals surface area contributed by atoms with Crippen molar-refractivity contribution in [2.45, 2.75) is 119 Å². The second kappa shape index (κ2) is 20.7. The normalized spacial score (nSPS) is 16.8. The van der Waals surface area contributed by atoms with Crippen LogP contribution >= 0.6 is 11.6 Å². The minimum atomic E-state index is -0.960. The fourth-order valence-electron chi connectivity index (χ4n) is 7.54. The molecule has 0 radical (unpaired) electrons. The van der Waals surface area contributed by atoms with Crippen molar-refractivity contribution in [1.82, 2.24) is 59.0 Å². The van der Waals surface area contributed by atoms with E-state index < -0.39 is 23.4 Å². The number of imidazole rings is 2. The van der Waals surface area contributed by atoms with Gasteiger partial charge in [0.05, 0.1) is 56.0 Å². The topological polar surface area (TPSA) is 246 Å². The zero-order valence-electron chi connectivity index (χ0n) is 41.5. The summed E-state index contributed by atoms with van der Waals surface area (Å²) in [6.45, 7) is 28.1. The van der Waals surface area contributed by atoms with Gasteiger partial charge in [-0.25, -0.2) is 59.4 Å². The van der Waals surface area contributed by atoms with E-state index >= 15 is 0 Å². The Morgan fingerprint density at radius 3 is 1.67 bits per heavy atom. The van der Waals surface area contributed by atoms with Gasteiger partial charge < -0.3 is 39.0 Å². The quantitative estimate of drug-likeness (QED) is 0.140. The van der Waals surface area contributed by atoms with Crippen LogP contribution < -0.4 is 20.4 Å². The lowest BCUT2D eigenvalue weighted by Crippen LogP contribution is -2.44. The van der Waals surface area contributed by atoms with Gasteiger partial charge in [-0.2, -0.15) is 0 Å². The maximum atomic E-state index is 13.0. The lowest BCUT2D eigenvalue weighted by molar-refractivity contribution is 0.0427. The number of carbonyl (C=O) groups excluding carboxylic acids is 2. The van der Waals surface area contributed by atoms with Crippen LogP contribution in [0, 0.1) is 11.8 Å². The molecule has 2 fully saturated rings. The molecule has 69 heavy (non-hydrogen) atoms. The van der Waals surface area contributed by atoms with Crippen LogP contribution in [0.3, 0.4) is 0 Å². The fourth-order valence-corrected chi connectivity index (χ4v) is 7.78. The molecule has 0 aliphatic carbocycles. The highest BCUT2D eigenvalue weighted by Crippen LogP contribution is 2.33. The van der Waals surface area contributed by atoms with Gasteiger partial charge in [-0.15, -0.1) is 4.90 Å². The molecule has 2 amide bonds. The molecule has 0 spiro atoms. The summed E-state index contributed by atoms with van der Waals surface area (Å²) >= 11 is 6.59. The molecular formula is C46H63ClN16O6. The number of imide groups is 1. The lowest BCUT2D eigenvalue weighted by Gasteiger charge is -2.34. The molecule has 22 nitrogen and oxygen atoms in total. The van der Waals surface area contributed by atoms with E-state index in [2.05, 4.69) is 85.8 Å². The first-order valence-electron chi connectivity index (χ1n) is 23.1. The fraction of sp³-hybridized carbons (Fsp3) is 0.565. The Balaban J connectivity index is 0.000000223. The van der Waals surface area contributed by atoms with Gasteiger partial charge in [0.1, 0.15) is 11.2 Å². The van der Waals surface area contributed by atoms with E-state index in [4.69, 9.17) is 56.2 Å². The molecule has 2 atom stereocenters. The van der Waals surface area contributed by atoms with Crippen LogP contribution in [0.4, 0.5) is 33.1 Å². The highest BCUT2D eigenvalue weighted by molar-refractivity contribution is 6.29. The number of ether oxygens (including phenoxy) is 4. The molecule has 2 N–H and O–H groups in total. The summed E-state index contributed by atoms with van der Waals surface area (Å²) in [5.74, 6) is 3.15. The first-order chi connectivity index (χ1) is 32.6. The Hall–Kier alpha value is -6.39. The third-order valence-electron chi connectivity index (χ3n) is 10.5. The molecule has 6 aromatic rings. The number of hydrogen-bond acceptors (Lipinski definition) is 19. The highest BCUT2D eigenvalue weighted by Gasteiger charge is 2.35. The summed E-state index contributed by atoms with van der Waals surface area (Å²) in [7, 11) is 0. The van der Waals surface area contributed by atoms with Gasteiger partial charge in [-0.1, -0.05) is 27.7 Å². The Bertz CT molecular complexity index is 2720. The standard InChI is InChI=1S/C28H39ClN8O5.C18H24N8O/c1-16(2)14-36-22-19(32-23(36)29)21(35-10-11-40-15-17(35)3)33-20(34-22)18-12-30-24(31-13-18)37(25(38)41-27(4,5)6)26(39)42-28(7,8)9;1-11(2)8-25-10-22-14-16(25)23-15(13-6-20-18(19)21-7-13)24-17(14)26-4-5-27-9-12(26)3/h12-13,16-17H,10-11,14-15H2,1-9H3;6-7,10-12H,4-5,8-9H2,1-3H3,(H2,19,20,21)/t17-;12-/m00/s1. The van der Waals surface area contributed by atoms with E-state index in [9.17, 15) is 9.59 Å². The van der Waals surface area contributed by atoms with Crippen molar-refractivity contribution in [3.8, 4) is 22.8 Å². The van der Waals surface area contributed by atoms with Crippen LogP contribution in [0.2, 0.25) is 5.28 Å². The molecule has 0 aromatic carbocycles. The van der Waals surface area contributed by atoms with Gasteiger partial charge >= 0.3 is 12.2 Å². The summed E-state index contributed by atoms with van der Waals surface area (Å²) in [6, 6.07) is 0.260. The maximum Gasteiger partial charge on any atom is 0.427 e. The van der Waals surface area contributed by atoms with E-state index in [0.717, 1.165) is 35.6 Å². The van der Waals surface area contributed by atoms with Crippen molar-refractivity contribution in [3.05, 3.63) is 36.4 Å². The highest BCUT2D eigenvalue weighted by atomic mass is 35.5. The average molecular weight is 972 g/mol. The van der Waals surface area contributed by atoms with Crippen LogP contribution in [0.1, 0.15) is 83.1 Å². The van der Waals surface area contributed by atoms with Crippen molar-refractivity contribution >= 4 is 69.6 Å². The smallest absolute Gasteiger partial charge is 0.427 e. The summed E-state index contributed by atoms with van der Waals surface area (Å²) in [4.78, 5) is 76.4. The molecule has 6 aromatic heterocycles. The van der Waals surface area contributed by atoms with Gasteiger partial charge in [0.15, 0.2) is 45.6 Å². The predicted octanol–water partition coefficient (Wildman–Crippen LogP) is 7.24. The van der Waals surface area contributed by atoms with Crippen molar-refractivity contribution in [1.29, 1.82) is 0 Å². The molecule has 2 saturated heterocycles. The number of amides is 2. The van der Waals surface area contributed by atoms with Gasteiger partial charge in [-0.05, 0) is 78.8 Å². The Kier molecular flexibility index (Phi) is 15.1. The SMILES string of the molecule is CC(C)Cn1c(Cl)nc2c(N3CCOC[C@@H]3C)nc(-c3cnc(N(C(=O)OC(C)(C)C)C(=O)OC(C)(C)C)nc3)nc21.CC(C)Cn1cnc2c(N3CCOC[C@@H]3C)nc(-c3cnc(N)nc3)nc21. The Morgan fingerprint density at radius 1 is 0.710 bits per heavy atom. The number of aromatic nitrogens is 12. The summed E-state index contributed by atoms with van der Waals surface area (Å²) in [5, 5.41) is 0.323. The largest absolute Gasteiger partial charge is 0.443 e. The molecule has 0 saturated carbocycles. The molecule has 2 aliphatic rings. The van der Waals surface area contributed by atoms with E-state index in [0.29, 0.717) is 95.7 Å². The molecule has 370 valence electrons. The number of nitrogens with two attached hydrogens (primary N) is 1. The molecule has 0 unspecified atom stereocenters. The van der Waals surface area contributed by atoms with Crippen molar-refractivity contribution in [2.75, 3.05) is 60.0 Å². The number of nitrogen functional groups attached to an aromatic ring is 1. The number of hydrogen-bond donors (Lipinski definition) is 1. The van der Waals surface area contributed by atoms with Crippen molar-refractivity contribution < 1.29 is 28.5 Å². The molecule has 23 heteroatoms. The Morgan fingerprint density at radius 2 is 1.19 bits per heavy atom. The molecule has 2 aliphatic heterocycles. The Labute approximate surface area is 406 Å². The van der Waals surface area contributed by atoms with Gasteiger partial charge in [-0.3, -0.25) is 4.57 Å². The molecule has 8 heterocycles. The van der Waals surface area contributed by atoms with E-state index in [1.165, 1.54) is 12.4 Å². The molecule has 0 bridgehead atoms. The molecule has 8 rings (SSSR count). The number of morpholine rings is 2. The van der Waals surface area contributed by atoms with E-state index in [1.807, 2.05) is 10.9 Å². The second-order valence-corrected chi connectivity index (χ2v) is 20.2. The van der Waals surface area contributed by atoms with Gasteiger partial charge in [0, 0.05) is 51.0 Å². The van der Waals surface area contributed by atoms with Crippen LogP contribution in [0.15, 0.2) is 31.1 Å². The van der Waals surface area contributed by atoms with Crippen LogP contribution in [0.25, 0.3) is 45.1 Å². The average Bonchev–Trinajstić information content (AvgIpc) is 3.81. The number of nitrogens with zero attached hydrogens (tertiary/aromatic N) is 15. The van der Waals surface area contributed by atoms with Crippen LogP contribution in [-0.2, 0) is 32.0 Å². The minimum Gasteiger partial charge on any atom is -0.443 e. The first kappa shape index (κ1) is 50.5. The monoisotopic (exact) mass is 970 g/mol. The number of carbonyl (C=O) groups is 2. The minimum absolute atomic E-state index is 0.0496. The zero-order chi connectivity index (χ0) is 49.9. The van der Waals surface area contributed by atoms with Gasteiger partial charge in [0.25, 0.3) is 0 Å². The third-order valence-corrected chi connectivity index (χ3v) is 10.8. The zero-order valence-corrected chi connectivity index (χ0v) is 42.2. The number of anilines is 4. The second-order valence-electron chi connectivity index (χ2n) is 19.9. The maximum absolute atomic E-state index is 13.0. The summed E-state index contributed by atoms with van der Waals surface area (Å²) in [6.07, 6.45) is 6.12. The van der Waals surface area contributed by atoms with Crippen molar-refractivity contribution in [3.63, 3.8) is 0 Å². The van der Waals surface area contributed by atoms with E-state index in [1.54, 1.807) is 53.9 Å². The van der Waals surface area contributed by atoms with Crippen molar-refractivity contribution in [2.24, 2.45) is 11.8 Å². The predicted molar refractivity (Wildman–Crippen MR) is 262 cm³/mol. The lowest BCUT2D eigenvalue weighted by atomic mass is 10.2. The van der Waals surface area contributed by atoms with Crippen LogP contribution in [-0.4, -0.2) is 134 Å². The summed E-state index contributed by atoms with van der Waals surface area (Å²) < 4.78 is 26.0. The number of fused-ring (bicyclic) bond motifs is 2.